The summed E-state index contributed by atoms with van der Waals surface area (Å²) < 4.78 is 25.2. The molecule has 0 radical (unpaired) electrons. The minimum atomic E-state index is -2.90. The number of carbonyl (C=O) groups excluding carboxylic acids is 1. The van der Waals surface area contributed by atoms with Crippen LogP contribution in [0.15, 0.2) is 24.3 Å². The summed E-state index contributed by atoms with van der Waals surface area (Å²) in [5.41, 5.74) is -0.0770. The number of hydrogen-bond acceptors (Lipinski definition) is 3. The summed E-state index contributed by atoms with van der Waals surface area (Å²) in [5.74, 6) is -4.81. The van der Waals surface area contributed by atoms with Gasteiger partial charge in [0.2, 0.25) is 0 Å². The van der Waals surface area contributed by atoms with Gasteiger partial charge >= 0.3 is 0 Å². The third kappa shape index (κ3) is 1.78. The molecule has 1 aromatic carbocycles. The molecule has 0 spiro atoms. The van der Waals surface area contributed by atoms with E-state index in [4.69, 9.17) is 0 Å². The summed E-state index contributed by atoms with van der Waals surface area (Å²) in [5, 5.41) is 10.3. The molecule has 0 unspecified atom stereocenters. The number of nitro groups is 1. The monoisotopic (exact) mass is 227 g/mol. The molecule has 0 aliphatic heterocycles. The van der Waals surface area contributed by atoms with Crippen LogP contribution < -0.4 is 0 Å². The van der Waals surface area contributed by atoms with Gasteiger partial charge in [0, 0.05) is 24.1 Å². The number of rotatable bonds is 3. The number of halogens is 2. The number of ketones is 1. The van der Waals surface area contributed by atoms with Crippen molar-refractivity contribution in [3.63, 3.8) is 0 Å². The Morgan fingerprint density at radius 3 is 2.25 bits per heavy atom. The van der Waals surface area contributed by atoms with Crippen LogP contribution in [0.2, 0.25) is 0 Å². The Hall–Kier alpha value is -1.85. The van der Waals surface area contributed by atoms with Crippen LogP contribution in [0.4, 0.5) is 14.5 Å². The van der Waals surface area contributed by atoms with E-state index in [0.29, 0.717) is 0 Å². The van der Waals surface area contributed by atoms with Crippen molar-refractivity contribution in [2.75, 3.05) is 0 Å². The van der Waals surface area contributed by atoms with Crippen molar-refractivity contribution in [1.29, 1.82) is 0 Å². The van der Waals surface area contributed by atoms with E-state index in [1.807, 2.05) is 0 Å². The molecule has 1 fully saturated rings. The molecule has 0 heterocycles. The summed E-state index contributed by atoms with van der Waals surface area (Å²) in [6.07, 6.45) is -0.428. The van der Waals surface area contributed by atoms with Crippen molar-refractivity contribution < 1.29 is 18.5 Å². The zero-order valence-electron chi connectivity index (χ0n) is 8.02. The Balaban J connectivity index is 2.17. The fraction of sp³-hybridized carbons (Fsp3) is 0.300. The number of non-ortho nitro benzene ring substituents is 1. The molecule has 1 saturated carbocycles. The Bertz CT molecular complexity index is 456. The van der Waals surface area contributed by atoms with Crippen LogP contribution in [-0.2, 0) is 0 Å². The smallest absolute Gasteiger partial charge is 0.269 e. The van der Waals surface area contributed by atoms with E-state index in [9.17, 15) is 23.7 Å². The second-order valence-corrected chi connectivity index (χ2v) is 3.69. The van der Waals surface area contributed by atoms with Crippen molar-refractivity contribution in [3.05, 3.63) is 39.9 Å². The van der Waals surface area contributed by atoms with E-state index in [1.54, 1.807) is 0 Å². The van der Waals surface area contributed by atoms with Gasteiger partial charge in [0.1, 0.15) is 0 Å². The van der Waals surface area contributed by atoms with Gasteiger partial charge in [-0.15, -0.1) is 0 Å². The largest absolute Gasteiger partial charge is 0.294 e. The maximum atomic E-state index is 12.6. The molecular formula is C10H7F2NO3. The quantitative estimate of drug-likeness (QED) is 0.452. The van der Waals surface area contributed by atoms with E-state index in [1.165, 1.54) is 12.1 Å². The summed E-state index contributed by atoms with van der Waals surface area (Å²) in [7, 11) is 0. The van der Waals surface area contributed by atoms with Crippen LogP contribution in [0.3, 0.4) is 0 Å². The van der Waals surface area contributed by atoms with Crippen LogP contribution in [0.1, 0.15) is 16.8 Å². The van der Waals surface area contributed by atoms with Gasteiger partial charge in [0.25, 0.3) is 11.6 Å². The highest BCUT2D eigenvalue weighted by atomic mass is 19.3. The number of nitrogens with zero attached hydrogens (tertiary/aromatic N) is 1. The number of alkyl halides is 2. The minimum absolute atomic E-state index is 0.0905. The highest BCUT2D eigenvalue weighted by molar-refractivity contribution is 6.00. The van der Waals surface area contributed by atoms with Gasteiger partial charge in [-0.3, -0.25) is 14.9 Å². The molecule has 1 aromatic rings. The molecule has 0 bridgehead atoms. The highest BCUT2D eigenvalue weighted by Gasteiger charge is 2.61. The molecule has 2 rings (SSSR count). The first-order chi connectivity index (χ1) is 7.42. The second-order valence-electron chi connectivity index (χ2n) is 3.69. The predicted octanol–water partition coefficient (Wildman–Crippen LogP) is 2.43. The number of hydrogen-bond donors (Lipinski definition) is 0. The molecule has 0 saturated heterocycles. The fourth-order valence-corrected chi connectivity index (χ4v) is 1.45. The molecule has 1 aliphatic rings. The van der Waals surface area contributed by atoms with E-state index in [2.05, 4.69) is 0 Å². The molecule has 0 aromatic heterocycles. The first-order valence-electron chi connectivity index (χ1n) is 4.58. The number of benzene rings is 1. The van der Waals surface area contributed by atoms with E-state index in [-0.39, 0.29) is 11.3 Å². The minimum Gasteiger partial charge on any atom is -0.294 e. The lowest BCUT2D eigenvalue weighted by atomic mass is 10.1. The van der Waals surface area contributed by atoms with Gasteiger partial charge in [-0.1, -0.05) is 0 Å². The highest BCUT2D eigenvalue weighted by Crippen LogP contribution is 2.50. The van der Waals surface area contributed by atoms with Crippen molar-refractivity contribution in [1.82, 2.24) is 0 Å². The van der Waals surface area contributed by atoms with E-state index < -0.39 is 29.0 Å². The van der Waals surface area contributed by atoms with Crippen molar-refractivity contribution in [2.45, 2.75) is 12.3 Å². The van der Waals surface area contributed by atoms with Crippen LogP contribution >= 0.6 is 0 Å². The first kappa shape index (κ1) is 10.7. The maximum absolute atomic E-state index is 12.6. The fourth-order valence-electron chi connectivity index (χ4n) is 1.45. The van der Waals surface area contributed by atoms with Gasteiger partial charge in [-0.2, -0.15) is 0 Å². The Morgan fingerprint density at radius 1 is 1.38 bits per heavy atom. The summed E-state index contributed by atoms with van der Waals surface area (Å²) in [6, 6.07) is 4.67. The number of nitro benzene ring substituents is 1. The van der Waals surface area contributed by atoms with Gasteiger partial charge < -0.3 is 0 Å². The SMILES string of the molecule is O=C(c1ccc([N+](=O)[O-])cc1)[C@H]1CC1(F)F. The van der Waals surface area contributed by atoms with Crippen LogP contribution in [0.25, 0.3) is 0 Å². The zero-order valence-corrected chi connectivity index (χ0v) is 8.02. The maximum Gasteiger partial charge on any atom is 0.269 e. The number of Topliss-reactive ketones (excluding diaryl/α,β-unsaturated/α-hetero) is 1. The average Bonchev–Trinajstić information content (AvgIpc) is 2.87. The molecule has 1 atom stereocenters. The van der Waals surface area contributed by atoms with Gasteiger partial charge in [0.05, 0.1) is 10.8 Å². The van der Waals surface area contributed by atoms with Crippen LogP contribution in [0, 0.1) is 16.0 Å². The lowest BCUT2D eigenvalue weighted by Crippen LogP contribution is -2.07. The molecule has 0 N–H and O–H groups in total. The molecule has 4 nitrogen and oxygen atoms in total. The second kappa shape index (κ2) is 3.33. The molecule has 16 heavy (non-hydrogen) atoms. The lowest BCUT2D eigenvalue weighted by molar-refractivity contribution is -0.384. The summed E-state index contributed by atoms with van der Waals surface area (Å²) in [6.45, 7) is 0. The lowest BCUT2D eigenvalue weighted by Gasteiger charge is -1.99. The summed E-state index contributed by atoms with van der Waals surface area (Å²) >= 11 is 0. The Kier molecular flexibility index (Phi) is 2.22. The van der Waals surface area contributed by atoms with Crippen molar-refractivity contribution in [2.24, 2.45) is 5.92 Å². The first-order valence-corrected chi connectivity index (χ1v) is 4.58. The molecule has 6 heteroatoms. The average molecular weight is 227 g/mol. The molecule has 84 valence electrons. The molecular weight excluding hydrogens is 220 g/mol. The van der Waals surface area contributed by atoms with Gasteiger partial charge in [-0.05, 0) is 12.1 Å². The van der Waals surface area contributed by atoms with E-state index >= 15 is 0 Å². The normalized spacial score (nSPS) is 21.5. The topological polar surface area (TPSA) is 60.2 Å². The predicted molar refractivity (Wildman–Crippen MR) is 50.5 cm³/mol. The third-order valence-corrected chi connectivity index (χ3v) is 2.51. The zero-order chi connectivity index (χ0) is 11.9. The Morgan fingerprint density at radius 2 is 1.88 bits per heavy atom. The van der Waals surface area contributed by atoms with Crippen molar-refractivity contribution in [3.8, 4) is 0 Å². The third-order valence-electron chi connectivity index (χ3n) is 2.51. The van der Waals surface area contributed by atoms with Crippen molar-refractivity contribution >= 4 is 11.5 Å². The van der Waals surface area contributed by atoms with Crippen LogP contribution in [0.5, 0.6) is 0 Å². The number of carbonyl (C=O) groups is 1. The molecule has 1 aliphatic carbocycles. The van der Waals surface area contributed by atoms with E-state index in [0.717, 1.165) is 12.1 Å². The van der Waals surface area contributed by atoms with Crippen LogP contribution in [-0.4, -0.2) is 16.6 Å². The Labute approximate surface area is 89.0 Å². The standard InChI is InChI=1S/C10H7F2NO3/c11-10(12)5-8(10)9(14)6-1-3-7(4-2-6)13(15)16/h1-4,8H,5H2/t8-/m1/s1. The summed E-state index contributed by atoms with van der Waals surface area (Å²) in [4.78, 5) is 21.2. The molecule has 0 amide bonds. The van der Waals surface area contributed by atoms with Gasteiger partial charge in [0.15, 0.2) is 5.78 Å². The van der Waals surface area contributed by atoms with Gasteiger partial charge in [-0.25, -0.2) is 8.78 Å².